The van der Waals surface area contributed by atoms with Gasteiger partial charge in [0.05, 0.1) is 0 Å². The van der Waals surface area contributed by atoms with E-state index in [-0.39, 0.29) is 0 Å². The average Bonchev–Trinajstić information content (AvgIpc) is 2.50. The molecule has 0 aromatic heterocycles. The smallest absolute Gasteiger partial charge is 0.191 e. The van der Waals surface area contributed by atoms with Gasteiger partial charge in [-0.15, -0.1) is 0 Å². The minimum Gasteiger partial charge on any atom is -0.382 e. The van der Waals surface area contributed by atoms with E-state index in [4.69, 9.17) is 4.74 Å². The van der Waals surface area contributed by atoms with Gasteiger partial charge in [0.15, 0.2) is 5.96 Å². The average molecular weight is 327 g/mol. The third kappa shape index (κ3) is 9.82. The van der Waals surface area contributed by atoms with Crippen molar-refractivity contribution in [1.82, 2.24) is 15.5 Å². The van der Waals surface area contributed by atoms with E-state index in [1.54, 1.807) is 0 Å². The maximum atomic E-state index is 5.34. The molecule has 1 rings (SSSR count). The van der Waals surface area contributed by atoms with Crippen molar-refractivity contribution in [3.8, 4) is 0 Å². The summed E-state index contributed by atoms with van der Waals surface area (Å²) >= 11 is 0. The Kier molecular flexibility index (Phi) is 11.1. The van der Waals surface area contributed by atoms with Gasteiger partial charge in [-0.2, -0.15) is 0 Å². The monoisotopic (exact) mass is 326 g/mol. The largest absolute Gasteiger partial charge is 0.382 e. The van der Waals surface area contributed by atoms with E-state index in [2.05, 4.69) is 41.3 Å². The Hall–Kier alpha value is -0.810. The van der Waals surface area contributed by atoms with Gasteiger partial charge in [0.2, 0.25) is 0 Å². The lowest BCUT2D eigenvalue weighted by Gasteiger charge is -2.35. The van der Waals surface area contributed by atoms with Gasteiger partial charge in [-0.05, 0) is 51.5 Å². The van der Waals surface area contributed by atoms with Crippen molar-refractivity contribution in [2.45, 2.75) is 47.0 Å². The van der Waals surface area contributed by atoms with E-state index >= 15 is 0 Å². The number of hydrogen-bond acceptors (Lipinski definition) is 3. The van der Waals surface area contributed by atoms with Gasteiger partial charge in [-0.25, -0.2) is 0 Å². The summed E-state index contributed by atoms with van der Waals surface area (Å²) in [5, 5.41) is 6.76. The van der Waals surface area contributed by atoms with Crippen LogP contribution < -0.4 is 10.6 Å². The van der Waals surface area contributed by atoms with Crippen molar-refractivity contribution < 1.29 is 4.74 Å². The van der Waals surface area contributed by atoms with E-state index in [9.17, 15) is 0 Å². The predicted molar refractivity (Wildman–Crippen MR) is 99.1 cm³/mol. The molecule has 5 heteroatoms. The molecule has 1 heterocycles. The number of hydrogen-bond donors (Lipinski definition) is 2. The number of nitrogens with one attached hydrogen (secondary N) is 2. The van der Waals surface area contributed by atoms with Gasteiger partial charge in [0.1, 0.15) is 0 Å². The molecule has 1 fully saturated rings. The Balaban J connectivity index is 2.17. The summed E-state index contributed by atoms with van der Waals surface area (Å²) < 4.78 is 5.34. The van der Waals surface area contributed by atoms with Crippen LogP contribution in [0.1, 0.15) is 47.0 Å². The van der Waals surface area contributed by atoms with Crippen LogP contribution in [0.5, 0.6) is 0 Å². The Morgan fingerprint density at radius 1 is 1.13 bits per heavy atom. The molecule has 1 saturated heterocycles. The van der Waals surface area contributed by atoms with Crippen molar-refractivity contribution >= 4 is 5.96 Å². The van der Waals surface area contributed by atoms with Crippen molar-refractivity contribution in [3.05, 3.63) is 0 Å². The Morgan fingerprint density at radius 2 is 1.87 bits per heavy atom. The highest BCUT2D eigenvalue weighted by atomic mass is 16.5. The summed E-state index contributed by atoms with van der Waals surface area (Å²) in [5.41, 5.74) is 0. The molecule has 0 bridgehead atoms. The molecule has 136 valence electrons. The highest BCUT2D eigenvalue weighted by Gasteiger charge is 2.20. The van der Waals surface area contributed by atoms with Gasteiger partial charge in [0.25, 0.3) is 0 Å². The molecule has 2 atom stereocenters. The van der Waals surface area contributed by atoms with E-state index in [1.165, 1.54) is 32.5 Å². The molecule has 0 radical (unpaired) electrons. The first kappa shape index (κ1) is 20.2. The number of guanidine groups is 1. The van der Waals surface area contributed by atoms with Crippen LogP contribution in [-0.2, 0) is 4.74 Å². The number of rotatable bonds is 10. The summed E-state index contributed by atoms with van der Waals surface area (Å²) in [6.45, 7) is 16.9. The first-order chi connectivity index (χ1) is 11.2. The van der Waals surface area contributed by atoms with Crippen LogP contribution in [0.25, 0.3) is 0 Å². The molecule has 0 aliphatic carbocycles. The molecule has 2 unspecified atom stereocenters. The second-order valence-electron chi connectivity index (χ2n) is 6.80. The van der Waals surface area contributed by atoms with E-state index in [0.717, 1.165) is 57.1 Å². The maximum absolute atomic E-state index is 5.34. The first-order valence-corrected chi connectivity index (χ1v) is 9.47. The molecule has 23 heavy (non-hydrogen) atoms. The van der Waals surface area contributed by atoms with Gasteiger partial charge >= 0.3 is 0 Å². The van der Waals surface area contributed by atoms with Crippen LogP contribution in [0, 0.1) is 11.8 Å². The number of likely N-dealkylation sites (tertiary alicyclic amines) is 1. The van der Waals surface area contributed by atoms with Gasteiger partial charge in [0, 0.05) is 45.9 Å². The Bertz CT molecular complexity index is 312. The SMILES string of the molecule is CCNC(=NCCCOCC)NCCCN1CC(C)CC(C)C1. The van der Waals surface area contributed by atoms with Crippen molar-refractivity contribution in [1.29, 1.82) is 0 Å². The van der Waals surface area contributed by atoms with Crippen LogP contribution in [0.15, 0.2) is 4.99 Å². The fraction of sp³-hybridized carbons (Fsp3) is 0.944. The second kappa shape index (κ2) is 12.6. The number of nitrogens with zero attached hydrogens (tertiary/aromatic N) is 2. The molecule has 0 amide bonds. The summed E-state index contributed by atoms with van der Waals surface area (Å²) in [6.07, 6.45) is 3.53. The topological polar surface area (TPSA) is 48.9 Å². The van der Waals surface area contributed by atoms with Crippen LogP contribution in [0.4, 0.5) is 0 Å². The summed E-state index contributed by atoms with van der Waals surface area (Å²) in [7, 11) is 0. The fourth-order valence-electron chi connectivity index (χ4n) is 3.33. The molecule has 5 nitrogen and oxygen atoms in total. The minimum absolute atomic E-state index is 0.787. The number of aliphatic imine (C=N–C) groups is 1. The van der Waals surface area contributed by atoms with Gasteiger partial charge in [-0.3, -0.25) is 4.99 Å². The minimum atomic E-state index is 0.787. The molecule has 0 spiro atoms. The van der Waals surface area contributed by atoms with E-state index in [1.807, 2.05) is 6.92 Å². The number of piperidine rings is 1. The summed E-state index contributed by atoms with van der Waals surface area (Å²) in [4.78, 5) is 7.21. The van der Waals surface area contributed by atoms with Crippen molar-refractivity contribution in [2.75, 3.05) is 52.5 Å². The maximum Gasteiger partial charge on any atom is 0.191 e. The van der Waals surface area contributed by atoms with Crippen molar-refractivity contribution in [3.63, 3.8) is 0 Å². The lowest BCUT2D eigenvalue weighted by atomic mass is 9.92. The van der Waals surface area contributed by atoms with Crippen molar-refractivity contribution in [2.24, 2.45) is 16.8 Å². The molecule has 0 aromatic rings. The normalized spacial score (nSPS) is 23.0. The molecule has 2 N–H and O–H groups in total. The Morgan fingerprint density at radius 3 is 2.52 bits per heavy atom. The zero-order chi connectivity index (χ0) is 16.9. The lowest BCUT2D eigenvalue weighted by molar-refractivity contribution is 0.140. The van der Waals surface area contributed by atoms with Gasteiger partial charge < -0.3 is 20.3 Å². The molecule has 0 aromatic carbocycles. The highest BCUT2D eigenvalue weighted by molar-refractivity contribution is 5.79. The Labute approximate surface area is 143 Å². The zero-order valence-corrected chi connectivity index (χ0v) is 15.7. The second-order valence-corrected chi connectivity index (χ2v) is 6.80. The van der Waals surface area contributed by atoms with E-state index in [0.29, 0.717) is 0 Å². The van der Waals surface area contributed by atoms with E-state index < -0.39 is 0 Å². The molecule has 1 aliphatic rings. The quantitative estimate of drug-likeness (QED) is 0.367. The third-order valence-electron chi connectivity index (χ3n) is 4.15. The van der Waals surface area contributed by atoms with Crippen LogP contribution in [0.2, 0.25) is 0 Å². The summed E-state index contributed by atoms with van der Waals surface area (Å²) in [5.74, 6) is 2.62. The van der Waals surface area contributed by atoms with Crippen LogP contribution in [0.3, 0.4) is 0 Å². The predicted octanol–water partition coefficient (Wildman–Crippen LogP) is 2.34. The van der Waals surface area contributed by atoms with Crippen LogP contribution >= 0.6 is 0 Å². The molecular weight excluding hydrogens is 288 g/mol. The molecule has 0 saturated carbocycles. The summed E-state index contributed by atoms with van der Waals surface area (Å²) in [6, 6.07) is 0. The highest BCUT2D eigenvalue weighted by Crippen LogP contribution is 2.20. The lowest BCUT2D eigenvalue weighted by Crippen LogP contribution is -2.41. The molecule has 1 aliphatic heterocycles. The standard InChI is InChI=1S/C18H38N4O/c1-5-19-18(21-10-8-12-23-6-2)20-9-7-11-22-14-16(3)13-17(4)15-22/h16-17H,5-15H2,1-4H3,(H2,19,20,21). The zero-order valence-electron chi connectivity index (χ0n) is 15.7. The molecular formula is C18H38N4O. The van der Waals surface area contributed by atoms with Gasteiger partial charge in [-0.1, -0.05) is 13.8 Å². The van der Waals surface area contributed by atoms with Crippen LogP contribution in [-0.4, -0.2) is 63.3 Å². The third-order valence-corrected chi connectivity index (χ3v) is 4.15. The first-order valence-electron chi connectivity index (χ1n) is 9.47. The number of ether oxygens (including phenoxy) is 1. The fourth-order valence-corrected chi connectivity index (χ4v) is 3.33.